The first kappa shape index (κ1) is 12.6. The number of H-pyrrole nitrogens is 1. The topological polar surface area (TPSA) is 83.8 Å². The monoisotopic (exact) mass is 270 g/mol. The molecule has 3 aromatic rings. The predicted octanol–water partition coefficient (Wildman–Crippen LogP) is 1.17. The summed E-state index contributed by atoms with van der Waals surface area (Å²) in [5.74, 6) is 0. The minimum absolute atomic E-state index is 0.0498. The minimum atomic E-state index is -0.201. The van der Waals surface area contributed by atoms with E-state index in [1.807, 2.05) is 18.2 Å². The van der Waals surface area contributed by atoms with Gasteiger partial charge in [-0.3, -0.25) is 9.55 Å². The molecule has 3 heterocycles. The Bertz CT molecular complexity index is 777. The van der Waals surface area contributed by atoms with Crippen LogP contribution in [0.15, 0.2) is 41.6 Å². The van der Waals surface area contributed by atoms with Gasteiger partial charge in [0.15, 0.2) is 5.65 Å². The Hall–Kier alpha value is -2.47. The zero-order valence-electron chi connectivity index (χ0n) is 10.8. The minimum Gasteiger partial charge on any atom is -0.396 e. The van der Waals surface area contributed by atoms with Crippen molar-refractivity contribution in [3.05, 3.63) is 47.3 Å². The van der Waals surface area contributed by atoms with Crippen LogP contribution in [0.3, 0.4) is 0 Å². The maximum atomic E-state index is 11.9. The number of aryl methyl sites for hydroxylation is 1. The highest BCUT2D eigenvalue weighted by atomic mass is 16.3. The van der Waals surface area contributed by atoms with E-state index in [-0.39, 0.29) is 12.3 Å². The van der Waals surface area contributed by atoms with Crippen LogP contribution in [-0.2, 0) is 6.54 Å². The number of imidazole rings is 1. The van der Waals surface area contributed by atoms with Crippen LogP contribution in [0.5, 0.6) is 0 Å². The number of nitrogens with zero attached hydrogens (tertiary/aromatic N) is 3. The van der Waals surface area contributed by atoms with Gasteiger partial charge in [-0.1, -0.05) is 0 Å². The molecule has 0 aliphatic rings. The molecule has 0 aromatic carbocycles. The Morgan fingerprint density at radius 2 is 2.05 bits per heavy atom. The lowest BCUT2D eigenvalue weighted by molar-refractivity contribution is 0.280. The predicted molar refractivity (Wildman–Crippen MR) is 75.3 cm³/mol. The number of pyridine rings is 2. The maximum Gasteiger partial charge on any atom is 0.327 e. The molecule has 3 rings (SSSR count). The lowest BCUT2D eigenvalue weighted by Crippen LogP contribution is -2.17. The molecular formula is C14H14N4O2. The van der Waals surface area contributed by atoms with Crippen LogP contribution in [-0.4, -0.2) is 31.2 Å². The summed E-state index contributed by atoms with van der Waals surface area (Å²) < 4.78 is 1.54. The first-order valence-electron chi connectivity index (χ1n) is 6.39. The molecule has 0 fully saturated rings. The Morgan fingerprint density at radius 3 is 2.80 bits per heavy atom. The summed E-state index contributed by atoms with van der Waals surface area (Å²) in [5.41, 5.74) is 3.03. The van der Waals surface area contributed by atoms with Crippen LogP contribution in [0, 0.1) is 0 Å². The number of fused-ring (bicyclic) bond motifs is 1. The zero-order valence-corrected chi connectivity index (χ0v) is 10.8. The largest absolute Gasteiger partial charge is 0.396 e. The molecule has 0 radical (unpaired) electrons. The van der Waals surface area contributed by atoms with Gasteiger partial charge in [0, 0.05) is 37.3 Å². The van der Waals surface area contributed by atoms with Crippen molar-refractivity contribution in [3.63, 3.8) is 0 Å². The second-order valence-electron chi connectivity index (χ2n) is 4.49. The maximum absolute atomic E-state index is 11.9. The second kappa shape index (κ2) is 5.26. The lowest BCUT2D eigenvalue weighted by Gasteiger charge is -2.02. The number of aliphatic hydroxyl groups is 1. The molecule has 2 N–H and O–H groups in total. The van der Waals surface area contributed by atoms with Gasteiger partial charge in [0.2, 0.25) is 0 Å². The third-order valence-corrected chi connectivity index (χ3v) is 3.16. The van der Waals surface area contributed by atoms with Gasteiger partial charge in [0.1, 0.15) is 0 Å². The summed E-state index contributed by atoms with van der Waals surface area (Å²) in [7, 11) is 0. The Balaban J connectivity index is 2.07. The van der Waals surface area contributed by atoms with E-state index < -0.39 is 0 Å². The normalized spacial score (nSPS) is 11.1. The van der Waals surface area contributed by atoms with Crippen molar-refractivity contribution in [2.24, 2.45) is 0 Å². The molecule has 0 amide bonds. The smallest absolute Gasteiger partial charge is 0.327 e. The molecule has 0 aliphatic carbocycles. The fourth-order valence-corrected chi connectivity index (χ4v) is 2.18. The van der Waals surface area contributed by atoms with E-state index in [2.05, 4.69) is 15.0 Å². The Morgan fingerprint density at radius 1 is 1.25 bits per heavy atom. The van der Waals surface area contributed by atoms with Crippen molar-refractivity contribution in [3.8, 4) is 11.1 Å². The van der Waals surface area contributed by atoms with Crippen LogP contribution in [0.25, 0.3) is 22.3 Å². The number of nitrogens with one attached hydrogen (secondary N) is 1. The Kier molecular flexibility index (Phi) is 3.30. The molecule has 0 spiro atoms. The van der Waals surface area contributed by atoms with Crippen molar-refractivity contribution < 1.29 is 5.11 Å². The first-order valence-corrected chi connectivity index (χ1v) is 6.39. The van der Waals surface area contributed by atoms with Gasteiger partial charge < -0.3 is 10.1 Å². The number of rotatable bonds is 4. The molecule has 0 aliphatic heterocycles. The van der Waals surface area contributed by atoms with Gasteiger partial charge in [-0.25, -0.2) is 9.78 Å². The van der Waals surface area contributed by atoms with E-state index in [1.165, 1.54) is 0 Å². The molecular weight excluding hydrogens is 256 g/mol. The molecule has 102 valence electrons. The van der Waals surface area contributed by atoms with Crippen molar-refractivity contribution in [2.45, 2.75) is 13.0 Å². The number of hydrogen-bond donors (Lipinski definition) is 2. The van der Waals surface area contributed by atoms with Crippen LogP contribution in [0.1, 0.15) is 6.42 Å². The molecule has 6 heteroatoms. The summed E-state index contributed by atoms with van der Waals surface area (Å²) in [4.78, 5) is 23.0. The van der Waals surface area contributed by atoms with Crippen LogP contribution in [0.4, 0.5) is 0 Å². The third-order valence-electron chi connectivity index (χ3n) is 3.16. The van der Waals surface area contributed by atoms with Gasteiger partial charge in [-0.15, -0.1) is 0 Å². The van der Waals surface area contributed by atoms with E-state index in [4.69, 9.17) is 5.11 Å². The number of aromatic nitrogens is 4. The third kappa shape index (κ3) is 2.21. The fraction of sp³-hybridized carbons (Fsp3) is 0.214. The molecule has 3 aromatic heterocycles. The molecule has 6 nitrogen and oxygen atoms in total. The molecule has 0 saturated heterocycles. The van der Waals surface area contributed by atoms with Crippen molar-refractivity contribution in [1.29, 1.82) is 0 Å². The summed E-state index contributed by atoms with van der Waals surface area (Å²) in [6.07, 6.45) is 5.70. The summed E-state index contributed by atoms with van der Waals surface area (Å²) in [6, 6.07) is 5.68. The quantitative estimate of drug-likeness (QED) is 0.745. The Labute approximate surface area is 114 Å². The van der Waals surface area contributed by atoms with Crippen LogP contribution in [0.2, 0.25) is 0 Å². The average molecular weight is 270 g/mol. The fourth-order valence-electron chi connectivity index (χ4n) is 2.18. The van der Waals surface area contributed by atoms with E-state index in [1.54, 1.807) is 23.2 Å². The van der Waals surface area contributed by atoms with Gasteiger partial charge in [-0.2, -0.15) is 0 Å². The number of aliphatic hydroxyl groups excluding tert-OH is 1. The van der Waals surface area contributed by atoms with Crippen LogP contribution < -0.4 is 5.69 Å². The lowest BCUT2D eigenvalue weighted by atomic mass is 10.1. The highest BCUT2D eigenvalue weighted by molar-refractivity contribution is 5.77. The standard InChI is InChI=1S/C14H14N4O2/c19-7-1-6-18-13-12(17-14(18)20)8-11(9-16-13)10-2-4-15-5-3-10/h2-5,8-9,19H,1,6-7H2,(H,17,20). The SMILES string of the molecule is O=c1[nH]c2cc(-c3ccncc3)cnc2n1CCCO. The molecule has 0 bridgehead atoms. The highest BCUT2D eigenvalue weighted by Crippen LogP contribution is 2.20. The van der Waals surface area contributed by atoms with Crippen LogP contribution >= 0.6 is 0 Å². The van der Waals surface area contributed by atoms with E-state index in [0.29, 0.717) is 24.1 Å². The van der Waals surface area contributed by atoms with Gasteiger partial charge >= 0.3 is 5.69 Å². The zero-order chi connectivity index (χ0) is 13.9. The second-order valence-corrected chi connectivity index (χ2v) is 4.49. The number of aromatic amines is 1. The van der Waals surface area contributed by atoms with E-state index in [0.717, 1.165) is 11.1 Å². The summed E-state index contributed by atoms with van der Waals surface area (Å²) in [5, 5.41) is 8.87. The molecule has 0 unspecified atom stereocenters. The van der Waals surface area contributed by atoms with E-state index in [9.17, 15) is 4.79 Å². The van der Waals surface area contributed by atoms with Gasteiger partial charge in [0.05, 0.1) is 5.52 Å². The van der Waals surface area contributed by atoms with Gasteiger partial charge in [-0.05, 0) is 30.2 Å². The summed E-state index contributed by atoms with van der Waals surface area (Å²) >= 11 is 0. The number of hydrogen-bond acceptors (Lipinski definition) is 4. The molecule has 20 heavy (non-hydrogen) atoms. The van der Waals surface area contributed by atoms with E-state index >= 15 is 0 Å². The molecule has 0 atom stereocenters. The summed E-state index contributed by atoms with van der Waals surface area (Å²) in [6.45, 7) is 0.505. The van der Waals surface area contributed by atoms with Gasteiger partial charge in [0.25, 0.3) is 0 Å². The highest BCUT2D eigenvalue weighted by Gasteiger charge is 2.09. The van der Waals surface area contributed by atoms with Crippen molar-refractivity contribution in [1.82, 2.24) is 19.5 Å². The first-order chi connectivity index (χ1) is 9.79. The molecule has 0 saturated carbocycles. The van der Waals surface area contributed by atoms with Crippen molar-refractivity contribution >= 4 is 11.2 Å². The average Bonchev–Trinajstić information content (AvgIpc) is 2.80. The van der Waals surface area contributed by atoms with Crippen molar-refractivity contribution in [2.75, 3.05) is 6.61 Å².